The molecule has 0 aliphatic carbocycles. The molecular formula is C18H25N3OS. The van der Waals surface area contributed by atoms with Crippen molar-refractivity contribution in [1.82, 2.24) is 5.16 Å². The fourth-order valence-corrected chi connectivity index (χ4v) is 2.24. The van der Waals surface area contributed by atoms with Gasteiger partial charge >= 0.3 is 0 Å². The largest absolute Gasteiger partial charge is 0.359 e. The van der Waals surface area contributed by atoms with E-state index in [9.17, 15) is 0 Å². The van der Waals surface area contributed by atoms with Crippen molar-refractivity contribution in [1.29, 1.82) is 0 Å². The minimum Gasteiger partial charge on any atom is -0.359 e. The summed E-state index contributed by atoms with van der Waals surface area (Å²) in [4.78, 5) is 0. The van der Waals surface area contributed by atoms with Gasteiger partial charge in [-0.25, -0.2) is 0 Å². The third kappa shape index (κ3) is 4.79. The van der Waals surface area contributed by atoms with Crippen molar-refractivity contribution in [3.63, 3.8) is 0 Å². The van der Waals surface area contributed by atoms with Gasteiger partial charge in [-0.1, -0.05) is 58.8 Å². The minimum absolute atomic E-state index is 0.0786. The molecule has 0 fully saturated rings. The van der Waals surface area contributed by atoms with Crippen LogP contribution in [0.3, 0.4) is 0 Å². The molecular weight excluding hydrogens is 306 g/mol. The summed E-state index contributed by atoms with van der Waals surface area (Å²) >= 11 is 5.32. The maximum Gasteiger partial charge on any atom is 0.176 e. The number of anilines is 2. The van der Waals surface area contributed by atoms with Crippen LogP contribution in [0.15, 0.2) is 34.9 Å². The van der Waals surface area contributed by atoms with E-state index in [4.69, 9.17) is 16.7 Å². The van der Waals surface area contributed by atoms with Gasteiger partial charge in [0.1, 0.15) is 5.76 Å². The van der Waals surface area contributed by atoms with Crippen LogP contribution in [0.4, 0.5) is 11.5 Å². The van der Waals surface area contributed by atoms with Gasteiger partial charge in [0.25, 0.3) is 0 Å². The molecule has 0 aliphatic rings. The highest BCUT2D eigenvalue weighted by atomic mass is 32.1. The molecule has 0 saturated heterocycles. The zero-order valence-corrected chi connectivity index (χ0v) is 15.5. The van der Waals surface area contributed by atoms with Crippen LogP contribution in [-0.2, 0) is 10.8 Å². The Kier molecular flexibility index (Phi) is 4.80. The van der Waals surface area contributed by atoms with E-state index < -0.39 is 0 Å². The predicted molar refractivity (Wildman–Crippen MR) is 100 cm³/mol. The van der Waals surface area contributed by atoms with E-state index >= 15 is 0 Å². The van der Waals surface area contributed by atoms with E-state index in [-0.39, 0.29) is 10.8 Å². The third-order valence-electron chi connectivity index (χ3n) is 3.50. The normalized spacial score (nSPS) is 12.1. The molecule has 2 aromatic rings. The Hall–Kier alpha value is -1.88. The second-order valence-corrected chi connectivity index (χ2v) is 8.14. The van der Waals surface area contributed by atoms with Gasteiger partial charge < -0.3 is 15.2 Å². The number of thiocarbonyl (C=S) groups is 1. The Morgan fingerprint density at radius 3 is 2.04 bits per heavy atom. The van der Waals surface area contributed by atoms with E-state index in [0.717, 1.165) is 11.4 Å². The van der Waals surface area contributed by atoms with Gasteiger partial charge in [0.05, 0.1) is 0 Å². The first kappa shape index (κ1) is 17.5. The second kappa shape index (κ2) is 6.32. The maximum absolute atomic E-state index is 5.33. The quantitative estimate of drug-likeness (QED) is 0.752. The Morgan fingerprint density at radius 1 is 0.957 bits per heavy atom. The number of rotatable bonds is 2. The molecule has 1 aromatic heterocycles. The van der Waals surface area contributed by atoms with Crippen molar-refractivity contribution in [2.45, 2.75) is 52.4 Å². The van der Waals surface area contributed by atoms with Gasteiger partial charge in [-0.15, -0.1) is 0 Å². The van der Waals surface area contributed by atoms with Crippen LogP contribution in [0.25, 0.3) is 0 Å². The molecule has 0 bridgehead atoms. The zero-order valence-electron chi connectivity index (χ0n) is 14.7. The first-order valence-corrected chi connectivity index (χ1v) is 8.12. The van der Waals surface area contributed by atoms with Gasteiger partial charge in [0.15, 0.2) is 10.9 Å². The molecule has 0 saturated carbocycles. The molecule has 2 rings (SSSR count). The SMILES string of the molecule is CC(C)(C)c1ccc(NC(=S)Nc2cc(C(C)(C)C)on2)cc1. The number of hydrogen-bond donors (Lipinski definition) is 2. The number of benzene rings is 1. The molecule has 0 aliphatic heterocycles. The van der Waals surface area contributed by atoms with Crippen LogP contribution in [0, 0.1) is 0 Å². The van der Waals surface area contributed by atoms with Gasteiger partial charge in [0, 0.05) is 17.2 Å². The lowest BCUT2D eigenvalue weighted by atomic mass is 9.87. The number of nitrogens with zero attached hydrogens (tertiary/aromatic N) is 1. The molecule has 23 heavy (non-hydrogen) atoms. The summed E-state index contributed by atoms with van der Waals surface area (Å²) in [6.45, 7) is 12.8. The molecule has 0 radical (unpaired) electrons. The summed E-state index contributed by atoms with van der Waals surface area (Å²) < 4.78 is 5.33. The monoisotopic (exact) mass is 331 g/mol. The van der Waals surface area contributed by atoms with Crippen molar-refractivity contribution in [3.8, 4) is 0 Å². The van der Waals surface area contributed by atoms with E-state index in [0.29, 0.717) is 10.9 Å². The molecule has 0 spiro atoms. The van der Waals surface area contributed by atoms with Crippen molar-refractivity contribution < 1.29 is 4.52 Å². The van der Waals surface area contributed by atoms with Crippen LogP contribution in [-0.4, -0.2) is 10.3 Å². The Balaban J connectivity index is 1.98. The summed E-state index contributed by atoms with van der Waals surface area (Å²) in [5.41, 5.74) is 2.29. The molecule has 124 valence electrons. The van der Waals surface area contributed by atoms with Crippen molar-refractivity contribution in [2.75, 3.05) is 10.6 Å². The molecule has 4 nitrogen and oxygen atoms in total. The first-order chi connectivity index (χ1) is 10.6. The van der Waals surface area contributed by atoms with Crippen LogP contribution in [0.5, 0.6) is 0 Å². The Bertz CT molecular complexity index is 676. The maximum atomic E-state index is 5.33. The number of aromatic nitrogens is 1. The lowest BCUT2D eigenvalue weighted by Crippen LogP contribution is -2.19. The Labute approximate surface area is 143 Å². The van der Waals surface area contributed by atoms with Crippen molar-refractivity contribution in [2.24, 2.45) is 0 Å². The fourth-order valence-electron chi connectivity index (χ4n) is 2.02. The van der Waals surface area contributed by atoms with E-state index in [2.05, 4.69) is 69.5 Å². The molecule has 5 heteroatoms. The highest BCUT2D eigenvalue weighted by Gasteiger charge is 2.20. The fraction of sp³-hybridized carbons (Fsp3) is 0.444. The lowest BCUT2D eigenvalue weighted by Gasteiger charge is -2.19. The van der Waals surface area contributed by atoms with Gasteiger partial charge in [-0.05, 0) is 35.3 Å². The average molecular weight is 331 g/mol. The van der Waals surface area contributed by atoms with E-state index in [1.807, 2.05) is 18.2 Å². The predicted octanol–water partition coefficient (Wildman–Crippen LogP) is 5.08. The highest BCUT2D eigenvalue weighted by Crippen LogP contribution is 2.25. The molecule has 1 aromatic carbocycles. The number of hydrogen-bond acceptors (Lipinski definition) is 3. The third-order valence-corrected chi connectivity index (χ3v) is 3.70. The standard InChI is InChI=1S/C18H25N3OS/c1-17(2,3)12-7-9-13(10-8-12)19-16(23)20-15-11-14(22-21-15)18(4,5)6/h7-11H,1-6H3,(H2,19,20,21,23). The second-order valence-electron chi connectivity index (χ2n) is 7.73. The summed E-state index contributed by atoms with van der Waals surface area (Å²) in [5.74, 6) is 1.43. The molecule has 0 unspecified atom stereocenters. The van der Waals surface area contributed by atoms with Crippen LogP contribution in [0.2, 0.25) is 0 Å². The van der Waals surface area contributed by atoms with Crippen LogP contribution in [0.1, 0.15) is 52.9 Å². The van der Waals surface area contributed by atoms with Crippen molar-refractivity contribution in [3.05, 3.63) is 41.7 Å². The summed E-state index contributed by atoms with van der Waals surface area (Å²) in [6, 6.07) is 10.1. The summed E-state index contributed by atoms with van der Waals surface area (Å²) in [5, 5.41) is 10.7. The average Bonchev–Trinajstić information content (AvgIpc) is 2.86. The smallest absolute Gasteiger partial charge is 0.176 e. The zero-order chi connectivity index (χ0) is 17.3. The van der Waals surface area contributed by atoms with Crippen LogP contribution < -0.4 is 10.6 Å². The topological polar surface area (TPSA) is 50.1 Å². The van der Waals surface area contributed by atoms with Gasteiger partial charge in [0.2, 0.25) is 0 Å². The van der Waals surface area contributed by atoms with E-state index in [1.54, 1.807) is 0 Å². The lowest BCUT2D eigenvalue weighted by molar-refractivity contribution is 0.331. The molecule has 0 amide bonds. The molecule has 1 heterocycles. The highest BCUT2D eigenvalue weighted by molar-refractivity contribution is 7.80. The number of nitrogens with one attached hydrogen (secondary N) is 2. The van der Waals surface area contributed by atoms with Crippen LogP contribution >= 0.6 is 12.2 Å². The Morgan fingerprint density at radius 2 is 1.57 bits per heavy atom. The van der Waals surface area contributed by atoms with Gasteiger partial charge in [-0.2, -0.15) is 0 Å². The molecule has 2 N–H and O–H groups in total. The van der Waals surface area contributed by atoms with Crippen molar-refractivity contribution >= 4 is 28.8 Å². The summed E-state index contributed by atoms with van der Waals surface area (Å²) in [7, 11) is 0. The van der Waals surface area contributed by atoms with E-state index in [1.165, 1.54) is 5.56 Å². The molecule has 0 atom stereocenters. The van der Waals surface area contributed by atoms with Gasteiger partial charge in [-0.3, -0.25) is 0 Å². The minimum atomic E-state index is -0.0786. The first-order valence-electron chi connectivity index (χ1n) is 7.71. The summed E-state index contributed by atoms with van der Waals surface area (Å²) in [6.07, 6.45) is 0.